The highest BCUT2D eigenvalue weighted by Crippen LogP contribution is 2.40. The zero-order valence-corrected chi connectivity index (χ0v) is 11.9. The molecule has 0 spiro atoms. The second-order valence-electron chi connectivity index (χ2n) is 4.54. The minimum absolute atomic E-state index is 0.0894. The lowest BCUT2D eigenvalue weighted by molar-refractivity contribution is -0.138. The monoisotopic (exact) mass is 310 g/mol. The maximum Gasteiger partial charge on any atom is 0.420 e. The third kappa shape index (κ3) is 3.58. The van der Waals surface area contributed by atoms with Gasteiger partial charge in [-0.2, -0.15) is 13.2 Å². The predicted molar refractivity (Wildman–Crippen MR) is 74.5 cm³/mol. The summed E-state index contributed by atoms with van der Waals surface area (Å²) >= 11 is 0. The lowest BCUT2D eigenvalue weighted by atomic mass is 10.1. The van der Waals surface area contributed by atoms with E-state index in [-0.39, 0.29) is 23.0 Å². The highest BCUT2D eigenvalue weighted by Gasteiger charge is 2.35. The van der Waals surface area contributed by atoms with Gasteiger partial charge in [-0.05, 0) is 49.4 Å². The first-order valence-electron chi connectivity index (χ1n) is 6.35. The Labute approximate surface area is 125 Å². The molecule has 0 aromatic heterocycles. The molecule has 0 aliphatic carbocycles. The molecule has 0 aliphatic rings. The molecule has 0 fully saturated rings. The zero-order valence-electron chi connectivity index (χ0n) is 11.9. The van der Waals surface area contributed by atoms with Gasteiger partial charge in [0.1, 0.15) is 22.8 Å². The summed E-state index contributed by atoms with van der Waals surface area (Å²) in [5, 5.41) is 0. The number of hydrogen-bond acceptors (Lipinski definition) is 3. The molecule has 0 aliphatic heterocycles. The number of alkyl halides is 3. The van der Waals surface area contributed by atoms with Crippen LogP contribution in [0.3, 0.4) is 0 Å². The van der Waals surface area contributed by atoms with Crippen LogP contribution in [-0.4, -0.2) is 12.9 Å². The SMILES string of the molecule is COc1ccc(Oc2ccc(C(C)=O)cc2)c(C(F)(F)F)c1. The second-order valence-corrected chi connectivity index (χ2v) is 4.54. The van der Waals surface area contributed by atoms with E-state index in [0.717, 1.165) is 6.07 Å². The van der Waals surface area contributed by atoms with Crippen molar-refractivity contribution in [1.82, 2.24) is 0 Å². The van der Waals surface area contributed by atoms with E-state index in [2.05, 4.69) is 0 Å². The third-order valence-electron chi connectivity index (χ3n) is 2.98. The summed E-state index contributed by atoms with van der Waals surface area (Å²) in [4.78, 5) is 11.2. The lowest BCUT2D eigenvalue weighted by Gasteiger charge is -2.15. The number of rotatable bonds is 4. The lowest BCUT2D eigenvalue weighted by Crippen LogP contribution is -2.07. The van der Waals surface area contributed by atoms with Crippen LogP contribution >= 0.6 is 0 Å². The van der Waals surface area contributed by atoms with Gasteiger partial charge in [0, 0.05) is 5.56 Å². The van der Waals surface area contributed by atoms with E-state index < -0.39 is 11.7 Å². The first-order chi connectivity index (χ1) is 10.3. The molecule has 0 saturated carbocycles. The van der Waals surface area contributed by atoms with Gasteiger partial charge in [0.2, 0.25) is 0 Å². The number of carbonyl (C=O) groups is 1. The van der Waals surface area contributed by atoms with Crippen molar-refractivity contribution in [2.45, 2.75) is 13.1 Å². The first kappa shape index (κ1) is 15.9. The molecule has 116 valence electrons. The van der Waals surface area contributed by atoms with E-state index >= 15 is 0 Å². The fourth-order valence-electron chi connectivity index (χ4n) is 1.83. The van der Waals surface area contributed by atoms with Gasteiger partial charge in [-0.25, -0.2) is 0 Å². The van der Waals surface area contributed by atoms with Crippen LogP contribution in [0.2, 0.25) is 0 Å². The van der Waals surface area contributed by atoms with Gasteiger partial charge in [-0.1, -0.05) is 0 Å². The molecule has 0 saturated heterocycles. The van der Waals surface area contributed by atoms with Gasteiger partial charge in [0.25, 0.3) is 0 Å². The molecular weight excluding hydrogens is 297 g/mol. The number of ether oxygens (including phenoxy) is 2. The topological polar surface area (TPSA) is 35.5 Å². The third-order valence-corrected chi connectivity index (χ3v) is 2.98. The zero-order chi connectivity index (χ0) is 16.3. The fourth-order valence-corrected chi connectivity index (χ4v) is 1.83. The van der Waals surface area contributed by atoms with E-state index in [9.17, 15) is 18.0 Å². The Balaban J connectivity index is 2.34. The van der Waals surface area contributed by atoms with Crippen LogP contribution in [0, 0.1) is 0 Å². The number of ketones is 1. The smallest absolute Gasteiger partial charge is 0.420 e. The van der Waals surface area contributed by atoms with Crippen molar-refractivity contribution in [3.8, 4) is 17.2 Å². The summed E-state index contributed by atoms with van der Waals surface area (Å²) in [6, 6.07) is 9.33. The molecule has 0 atom stereocenters. The molecule has 2 aromatic carbocycles. The number of Topliss-reactive ketones (excluding diaryl/α,β-unsaturated/α-hetero) is 1. The summed E-state index contributed by atoms with van der Waals surface area (Å²) in [6.45, 7) is 1.40. The van der Waals surface area contributed by atoms with E-state index in [4.69, 9.17) is 9.47 Å². The summed E-state index contributed by atoms with van der Waals surface area (Å²) in [6.07, 6.45) is -4.57. The predicted octanol–water partition coefficient (Wildman–Crippen LogP) is 4.71. The maximum atomic E-state index is 13.1. The molecule has 22 heavy (non-hydrogen) atoms. The molecule has 3 nitrogen and oxygen atoms in total. The van der Waals surface area contributed by atoms with Gasteiger partial charge in [0.15, 0.2) is 5.78 Å². The average Bonchev–Trinajstić information content (AvgIpc) is 2.47. The van der Waals surface area contributed by atoms with Crippen LogP contribution in [0.4, 0.5) is 13.2 Å². The molecule has 0 N–H and O–H groups in total. The summed E-state index contributed by atoms with van der Waals surface area (Å²) in [5.41, 5.74) is -0.472. The average molecular weight is 310 g/mol. The minimum Gasteiger partial charge on any atom is -0.497 e. The molecule has 0 unspecified atom stereocenters. The number of halogens is 3. The Kier molecular flexibility index (Phi) is 4.40. The Morgan fingerprint density at radius 3 is 2.09 bits per heavy atom. The van der Waals surface area contributed by atoms with Crippen molar-refractivity contribution in [2.24, 2.45) is 0 Å². The molecule has 2 aromatic rings. The molecule has 2 rings (SSSR count). The molecular formula is C16H13F3O3. The molecule has 0 radical (unpaired) electrons. The van der Waals surface area contributed by atoms with Crippen molar-refractivity contribution >= 4 is 5.78 Å². The molecule has 0 amide bonds. The van der Waals surface area contributed by atoms with Crippen molar-refractivity contribution in [3.05, 3.63) is 53.6 Å². The standard InChI is InChI=1S/C16H13F3O3/c1-10(20)11-3-5-12(6-4-11)22-15-8-7-13(21-2)9-14(15)16(17,18)19/h3-9H,1-2H3. The van der Waals surface area contributed by atoms with Crippen molar-refractivity contribution in [1.29, 1.82) is 0 Å². The van der Waals surface area contributed by atoms with Gasteiger partial charge in [0.05, 0.1) is 7.11 Å². The van der Waals surface area contributed by atoms with Gasteiger partial charge in [-0.15, -0.1) is 0 Å². The van der Waals surface area contributed by atoms with E-state index in [1.807, 2.05) is 0 Å². The molecule has 0 bridgehead atoms. The van der Waals surface area contributed by atoms with Gasteiger partial charge < -0.3 is 9.47 Å². The molecule has 0 heterocycles. The Morgan fingerprint density at radius 1 is 1.00 bits per heavy atom. The minimum atomic E-state index is -4.57. The number of carbonyl (C=O) groups excluding carboxylic acids is 1. The quantitative estimate of drug-likeness (QED) is 0.767. The van der Waals surface area contributed by atoms with E-state index in [1.54, 1.807) is 0 Å². The number of hydrogen-bond donors (Lipinski definition) is 0. The van der Waals surface area contributed by atoms with Crippen LogP contribution in [0.25, 0.3) is 0 Å². The molecule has 6 heteroatoms. The number of methoxy groups -OCH3 is 1. The highest BCUT2D eigenvalue weighted by molar-refractivity contribution is 5.94. The van der Waals surface area contributed by atoms with E-state index in [0.29, 0.717) is 5.56 Å². The first-order valence-corrected chi connectivity index (χ1v) is 6.35. The Hall–Kier alpha value is -2.50. The van der Waals surface area contributed by atoms with Crippen LogP contribution in [0.1, 0.15) is 22.8 Å². The Bertz CT molecular complexity index is 676. The second kappa shape index (κ2) is 6.09. The van der Waals surface area contributed by atoms with Crippen molar-refractivity contribution < 1.29 is 27.4 Å². The van der Waals surface area contributed by atoms with Gasteiger partial charge in [-0.3, -0.25) is 4.79 Å². The summed E-state index contributed by atoms with van der Waals surface area (Å²) in [7, 11) is 1.29. The normalized spacial score (nSPS) is 11.1. The number of benzene rings is 2. The van der Waals surface area contributed by atoms with Crippen LogP contribution in [0.15, 0.2) is 42.5 Å². The Morgan fingerprint density at radius 2 is 1.59 bits per heavy atom. The van der Waals surface area contributed by atoms with Crippen molar-refractivity contribution in [3.63, 3.8) is 0 Å². The van der Waals surface area contributed by atoms with Crippen LogP contribution in [-0.2, 0) is 6.18 Å². The van der Waals surface area contributed by atoms with Gasteiger partial charge >= 0.3 is 6.18 Å². The van der Waals surface area contributed by atoms with Crippen LogP contribution in [0.5, 0.6) is 17.2 Å². The van der Waals surface area contributed by atoms with Crippen LogP contribution < -0.4 is 9.47 Å². The largest absolute Gasteiger partial charge is 0.497 e. The maximum absolute atomic E-state index is 13.1. The summed E-state index contributed by atoms with van der Waals surface area (Å²) in [5.74, 6) is -0.164. The van der Waals surface area contributed by atoms with E-state index in [1.165, 1.54) is 50.4 Å². The fraction of sp³-hybridized carbons (Fsp3) is 0.188. The highest BCUT2D eigenvalue weighted by atomic mass is 19.4. The van der Waals surface area contributed by atoms with Crippen molar-refractivity contribution in [2.75, 3.05) is 7.11 Å². The summed E-state index contributed by atoms with van der Waals surface area (Å²) < 4.78 is 49.3.